The summed E-state index contributed by atoms with van der Waals surface area (Å²) in [7, 11) is 0. The van der Waals surface area contributed by atoms with Gasteiger partial charge in [-0.05, 0) is 12.5 Å². The van der Waals surface area contributed by atoms with Crippen molar-refractivity contribution in [2.75, 3.05) is 0 Å². The van der Waals surface area contributed by atoms with Crippen molar-refractivity contribution in [2.24, 2.45) is 0 Å². The molecule has 0 N–H and O–H groups in total. The maximum absolute atomic E-state index is 7.62. The molecule has 0 atom stereocenters. The van der Waals surface area contributed by atoms with E-state index < -0.39 is 34.8 Å². The van der Waals surface area contributed by atoms with E-state index in [0.717, 1.165) is 0 Å². The molecule has 0 spiro atoms. The van der Waals surface area contributed by atoms with Gasteiger partial charge in [-0.2, -0.15) is 0 Å². The molecule has 1 aromatic carbocycles. The maximum Gasteiger partial charge on any atom is 0.0697 e. The van der Waals surface area contributed by atoms with E-state index in [4.69, 9.17) is 11.3 Å². The van der Waals surface area contributed by atoms with E-state index in [0.29, 0.717) is 0 Å². The SMILES string of the molecule is [2H]C(c1c([2H])c([2H])c(C)c([2H])c1[2H])=S([2H])([2H])([2H])[2H]. The molecule has 0 unspecified atom stereocenters. The first-order chi connectivity index (χ1) is 7.84. The molecule has 0 saturated carbocycles. The van der Waals surface area contributed by atoms with Crippen LogP contribution in [-0.2, 0) is 0 Å². The zero-order chi connectivity index (χ0) is 14.5. The van der Waals surface area contributed by atoms with Gasteiger partial charge >= 0.3 is 0 Å². The van der Waals surface area contributed by atoms with Gasteiger partial charge in [0.25, 0.3) is 0 Å². The molecule has 1 heteroatoms. The van der Waals surface area contributed by atoms with Crippen LogP contribution in [0.5, 0.6) is 0 Å². The van der Waals surface area contributed by atoms with Gasteiger partial charge in [0.05, 0.1) is 11.3 Å². The Balaban J connectivity index is 3.92. The van der Waals surface area contributed by atoms with Crippen LogP contribution in [-0.4, -0.2) is 9.84 Å². The fourth-order valence-corrected chi connectivity index (χ4v) is 0.528. The number of hydrogen-bond acceptors (Lipinski definition) is 0. The summed E-state index contributed by atoms with van der Waals surface area (Å²) < 4.78 is 66.7. The van der Waals surface area contributed by atoms with E-state index in [2.05, 4.69) is 0 Å². The maximum atomic E-state index is 7.62. The molecule has 0 fully saturated rings. The van der Waals surface area contributed by atoms with Gasteiger partial charge in [-0.1, -0.05) is 35.1 Å². The van der Waals surface area contributed by atoms with Crippen molar-refractivity contribution in [3.63, 3.8) is 0 Å². The minimum Gasteiger partial charge on any atom is -0.286 e. The standard InChI is InChI=1S/C8H12S/c1-7-2-4-8(6-9)5-3-7/h2-6H,1H3,9H4/i2D,3D,4D,5D,6D,9D4. The lowest BCUT2D eigenvalue weighted by Gasteiger charge is -1.91. The highest BCUT2D eigenvalue weighted by molar-refractivity contribution is 7.79. The predicted molar refractivity (Wildman–Crippen MR) is 49.5 cm³/mol. The zero-order valence-corrected chi connectivity index (χ0v) is 5.72. The van der Waals surface area contributed by atoms with Crippen molar-refractivity contribution < 1.29 is 6.85 Å². The van der Waals surface area contributed by atoms with E-state index in [-0.39, 0.29) is 17.6 Å². The summed E-state index contributed by atoms with van der Waals surface area (Å²) in [5, 5.41) is -1.11. The first kappa shape index (κ1) is 1.54. The third-order valence-corrected chi connectivity index (χ3v) is 1.06. The Labute approximate surface area is 71.9 Å². The molecule has 0 radical (unpaired) electrons. The second-order valence-electron chi connectivity index (χ2n) is 1.60. The van der Waals surface area contributed by atoms with Crippen molar-refractivity contribution in [1.29, 1.82) is 4.50 Å². The van der Waals surface area contributed by atoms with Crippen LogP contribution in [0, 0.1) is 6.92 Å². The van der Waals surface area contributed by atoms with Crippen LogP contribution in [0.15, 0.2) is 24.2 Å². The van der Waals surface area contributed by atoms with Crippen LogP contribution in [0.1, 0.15) is 18.0 Å². The van der Waals surface area contributed by atoms with Crippen LogP contribution in [0.4, 0.5) is 0 Å². The molecular weight excluding hydrogens is 128 g/mol. The molecule has 0 bridgehead atoms. The molecule has 0 saturated heterocycles. The van der Waals surface area contributed by atoms with Crippen LogP contribution < -0.4 is 0 Å². The average molecular weight is 149 g/mol. The van der Waals surface area contributed by atoms with Crippen molar-refractivity contribution >= 4 is 17.2 Å². The molecule has 0 aliphatic carbocycles. The van der Waals surface area contributed by atoms with Gasteiger partial charge < -0.3 is 0 Å². The molecule has 9 heavy (non-hydrogen) atoms. The summed E-state index contributed by atoms with van der Waals surface area (Å²) in [4.78, 5) is 0. The summed E-state index contributed by atoms with van der Waals surface area (Å²) in [6.45, 7) is 1.38. The summed E-state index contributed by atoms with van der Waals surface area (Å²) >= 11 is -5.17. The van der Waals surface area contributed by atoms with Crippen LogP contribution >= 0.6 is 11.8 Å². The average Bonchev–Trinajstić information content (AvgIpc) is 2.21. The van der Waals surface area contributed by atoms with Gasteiger partial charge in [-0.15, -0.1) is 0 Å². The summed E-state index contributed by atoms with van der Waals surface area (Å²) in [5.41, 5.74) is -0.517. The topological polar surface area (TPSA) is 0 Å². The fraction of sp³-hybridized carbons (Fsp3) is 0.125. The highest BCUT2D eigenvalue weighted by Crippen LogP contribution is 1.99. The lowest BCUT2D eigenvalue weighted by atomic mass is 10.2. The van der Waals surface area contributed by atoms with E-state index in [1.54, 1.807) is 0 Å². The third-order valence-electron chi connectivity index (χ3n) is 0.852. The Morgan fingerprint density at radius 2 is 2.33 bits per heavy atom. The van der Waals surface area contributed by atoms with E-state index in [9.17, 15) is 0 Å². The van der Waals surface area contributed by atoms with Crippen molar-refractivity contribution in [2.45, 2.75) is 6.92 Å². The summed E-state index contributed by atoms with van der Waals surface area (Å²) in [6, 6.07) is -1.93. The van der Waals surface area contributed by atoms with Crippen molar-refractivity contribution in [3.05, 3.63) is 35.3 Å². The third kappa shape index (κ3) is 1.68. The van der Waals surface area contributed by atoms with Crippen molar-refractivity contribution in [1.82, 2.24) is 0 Å². The molecule has 0 amide bonds. The van der Waals surface area contributed by atoms with Crippen molar-refractivity contribution in [3.8, 4) is 0 Å². The molecule has 0 heterocycles. The lowest BCUT2D eigenvalue weighted by Crippen LogP contribution is -1.76. The Bertz CT molecular complexity index is 545. The molecular formula is C8H12S. The van der Waals surface area contributed by atoms with Crippen LogP contribution in [0.2, 0.25) is 0 Å². The minimum atomic E-state index is -5.17. The lowest BCUT2D eigenvalue weighted by molar-refractivity contribution is 1.47. The number of hydrogen-bond donors (Lipinski definition) is 0. The Hall–Kier alpha value is -0.560. The Morgan fingerprint density at radius 3 is 2.89 bits per heavy atom. The minimum absolute atomic E-state index is 0.0872. The zero-order valence-electron chi connectivity index (χ0n) is 13.9. The number of benzene rings is 1. The van der Waals surface area contributed by atoms with Gasteiger partial charge in [0.2, 0.25) is 0 Å². The second-order valence-corrected chi connectivity index (χ2v) is 1.81. The van der Waals surface area contributed by atoms with Gasteiger partial charge in [-0.3, -0.25) is 11.8 Å². The van der Waals surface area contributed by atoms with E-state index in [1.807, 2.05) is 0 Å². The molecule has 0 nitrogen and oxygen atoms in total. The molecule has 0 aliphatic heterocycles. The Kier molecular flexibility index (Phi) is 0.483. The first-order valence-corrected chi connectivity index (χ1v) is 2.86. The molecule has 1 aromatic rings. The monoisotopic (exact) mass is 149 g/mol. The summed E-state index contributed by atoms with van der Waals surface area (Å²) in [6.07, 6.45) is 0. The van der Waals surface area contributed by atoms with Gasteiger partial charge in [0, 0.05) is 0 Å². The van der Waals surface area contributed by atoms with Gasteiger partial charge in [0.1, 0.15) is 0 Å². The Morgan fingerprint density at radius 1 is 1.67 bits per heavy atom. The predicted octanol–water partition coefficient (Wildman–Crippen LogP) is 1.27. The molecule has 0 aromatic heterocycles. The second kappa shape index (κ2) is 2.83. The summed E-state index contributed by atoms with van der Waals surface area (Å²) in [5.74, 6) is 0. The van der Waals surface area contributed by atoms with E-state index >= 15 is 0 Å². The van der Waals surface area contributed by atoms with Crippen LogP contribution in [0.25, 0.3) is 0 Å². The van der Waals surface area contributed by atoms with E-state index in [1.165, 1.54) is 6.92 Å². The highest BCUT2D eigenvalue weighted by Gasteiger charge is 1.82. The fourth-order valence-electron chi connectivity index (χ4n) is 0.426. The molecule has 0 aliphatic rings. The largest absolute Gasteiger partial charge is 0.286 e. The van der Waals surface area contributed by atoms with Gasteiger partial charge in [-0.25, -0.2) is 0 Å². The first-order valence-electron chi connectivity index (χ1n) is 6.59. The molecule has 1 rings (SSSR count). The molecule has 50 valence electrons. The quantitative estimate of drug-likeness (QED) is 0.528. The van der Waals surface area contributed by atoms with Gasteiger partial charge in [0.15, 0.2) is 0 Å². The normalized spacial score (nSPS) is 29.4. The van der Waals surface area contributed by atoms with Crippen LogP contribution in [0.3, 0.4) is 0 Å². The number of rotatable bonds is 1. The smallest absolute Gasteiger partial charge is 0.0697 e. The highest BCUT2D eigenvalue weighted by atomic mass is 32.1.